The Bertz CT molecular complexity index is 385. The van der Waals surface area contributed by atoms with Gasteiger partial charge in [-0.25, -0.2) is 0 Å². The molecule has 1 aromatic carbocycles. The van der Waals surface area contributed by atoms with Gasteiger partial charge in [-0.2, -0.15) is 0 Å². The van der Waals surface area contributed by atoms with E-state index in [-0.39, 0.29) is 5.91 Å². The topological polar surface area (TPSA) is 38.3 Å². The lowest BCUT2D eigenvalue weighted by molar-refractivity contribution is -0.122. The largest absolute Gasteiger partial charge is 0.380 e. The van der Waals surface area contributed by atoms with Crippen LogP contribution in [0.15, 0.2) is 24.3 Å². The molecule has 94 valence electrons. The molecule has 0 heterocycles. The van der Waals surface area contributed by atoms with Crippen LogP contribution in [0.3, 0.4) is 0 Å². The molecule has 0 unspecified atom stereocenters. The van der Waals surface area contributed by atoms with Crippen molar-refractivity contribution >= 4 is 21.8 Å². The van der Waals surface area contributed by atoms with Gasteiger partial charge in [-0.1, -0.05) is 40.2 Å². The van der Waals surface area contributed by atoms with Gasteiger partial charge in [0.1, 0.15) is 0 Å². The van der Waals surface area contributed by atoms with Crippen LogP contribution in [-0.4, -0.2) is 17.3 Å². The Morgan fingerprint density at radius 1 is 1.41 bits per heavy atom. The van der Waals surface area contributed by atoms with Crippen LogP contribution in [0, 0.1) is 0 Å². The number of carbonyl (C=O) groups excluding carboxylic acids is 1. The zero-order chi connectivity index (χ0) is 12.9. The summed E-state index contributed by atoms with van der Waals surface area (Å²) in [6, 6.07) is 7.99. The van der Waals surface area contributed by atoms with Crippen LogP contribution < -0.4 is 5.32 Å². The van der Waals surface area contributed by atoms with Crippen molar-refractivity contribution in [3.05, 3.63) is 35.4 Å². The second-order valence-electron chi connectivity index (χ2n) is 4.41. The van der Waals surface area contributed by atoms with Gasteiger partial charge in [-0.3, -0.25) is 4.79 Å². The minimum Gasteiger partial charge on any atom is -0.380 e. The summed E-state index contributed by atoms with van der Waals surface area (Å²) >= 11 is 3.32. The summed E-state index contributed by atoms with van der Waals surface area (Å²) in [6.45, 7) is 4.77. The lowest BCUT2D eigenvalue weighted by Gasteiger charge is -2.16. The second-order valence-corrected chi connectivity index (χ2v) is 6.39. The van der Waals surface area contributed by atoms with E-state index in [1.54, 1.807) is 7.11 Å². The number of rotatable bonds is 5. The molecular weight excluding hydrogens is 282 g/mol. The van der Waals surface area contributed by atoms with Crippen LogP contribution >= 0.6 is 15.9 Å². The highest BCUT2D eigenvalue weighted by Gasteiger charge is 2.22. The smallest absolute Gasteiger partial charge is 0.236 e. The number of amides is 1. The van der Waals surface area contributed by atoms with Gasteiger partial charge in [0, 0.05) is 13.7 Å². The summed E-state index contributed by atoms with van der Waals surface area (Å²) in [5.74, 6) is -0.0188. The number of benzene rings is 1. The van der Waals surface area contributed by atoms with Crippen LogP contribution in [-0.2, 0) is 22.7 Å². The average Bonchev–Trinajstić information content (AvgIpc) is 2.25. The van der Waals surface area contributed by atoms with E-state index in [2.05, 4.69) is 21.2 Å². The number of carbonyl (C=O) groups is 1. The van der Waals surface area contributed by atoms with E-state index in [1.807, 2.05) is 38.1 Å². The Labute approximate surface area is 111 Å². The molecule has 0 fully saturated rings. The third-order valence-corrected chi connectivity index (χ3v) is 2.66. The fraction of sp³-hybridized carbons (Fsp3) is 0.462. The molecule has 1 rings (SSSR count). The molecule has 17 heavy (non-hydrogen) atoms. The van der Waals surface area contributed by atoms with Crippen molar-refractivity contribution < 1.29 is 9.53 Å². The summed E-state index contributed by atoms with van der Waals surface area (Å²) in [4.78, 5) is 11.7. The molecule has 0 aliphatic rings. The van der Waals surface area contributed by atoms with Crippen LogP contribution in [0.1, 0.15) is 25.0 Å². The Kier molecular flexibility index (Phi) is 5.15. The molecule has 0 spiro atoms. The van der Waals surface area contributed by atoms with E-state index in [1.165, 1.54) is 0 Å². The monoisotopic (exact) mass is 299 g/mol. The second kappa shape index (κ2) is 6.17. The molecule has 0 saturated heterocycles. The number of hydrogen-bond acceptors (Lipinski definition) is 2. The van der Waals surface area contributed by atoms with Crippen LogP contribution in [0.4, 0.5) is 0 Å². The van der Waals surface area contributed by atoms with Gasteiger partial charge in [0.15, 0.2) is 0 Å². The van der Waals surface area contributed by atoms with Gasteiger partial charge >= 0.3 is 0 Å². The maximum atomic E-state index is 11.7. The van der Waals surface area contributed by atoms with E-state index in [9.17, 15) is 4.79 Å². The first-order valence-corrected chi connectivity index (χ1v) is 6.27. The molecule has 0 bridgehead atoms. The molecule has 1 aromatic rings. The molecule has 1 amide bonds. The molecule has 0 radical (unpaired) electrons. The maximum Gasteiger partial charge on any atom is 0.236 e. The van der Waals surface area contributed by atoms with E-state index in [4.69, 9.17) is 4.74 Å². The van der Waals surface area contributed by atoms with Crippen LogP contribution in [0.5, 0.6) is 0 Å². The van der Waals surface area contributed by atoms with E-state index in [0.29, 0.717) is 13.2 Å². The van der Waals surface area contributed by atoms with E-state index in [0.717, 1.165) is 11.1 Å². The number of methoxy groups -OCH3 is 1. The molecule has 0 aromatic heterocycles. The predicted octanol–water partition coefficient (Wildman–Crippen LogP) is 2.62. The molecule has 0 saturated carbocycles. The van der Waals surface area contributed by atoms with Crippen molar-refractivity contribution in [1.82, 2.24) is 5.32 Å². The lowest BCUT2D eigenvalue weighted by Crippen LogP contribution is -2.37. The van der Waals surface area contributed by atoms with Crippen molar-refractivity contribution in [3.63, 3.8) is 0 Å². The summed E-state index contributed by atoms with van der Waals surface area (Å²) < 4.78 is 4.54. The van der Waals surface area contributed by atoms with Crippen molar-refractivity contribution in [2.24, 2.45) is 0 Å². The Morgan fingerprint density at radius 3 is 2.65 bits per heavy atom. The number of nitrogens with one attached hydrogen (secondary N) is 1. The molecule has 3 nitrogen and oxygen atoms in total. The molecule has 0 atom stereocenters. The highest BCUT2D eigenvalue weighted by Crippen LogP contribution is 2.15. The normalized spacial score (nSPS) is 11.3. The van der Waals surface area contributed by atoms with Crippen molar-refractivity contribution in [2.45, 2.75) is 31.3 Å². The molecule has 1 N–H and O–H groups in total. The quantitative estimate of drug-likeness (QED) is 0.849. The standard InChI is InChI=1S/C13H18BrNO2/c1-13(2,14)12(16)15-8-10-5-4-6-11(7-10)9-17-3/h4-7H,8-9H2,1-3H3,(H,15,16). The molecule has 0 aliphatic heterocycles. The van der Waals surface area contributed by atoms with Gasteiger partial charge in [-0.05, 0) is 25.0 Å². The number of ether oxygens (including phenoxy) is 1. The summed E-state index contributed by atoms with van der Waals surface area (Å²) in [5, 5.41) is 2.88. The van der Waals surface area contributed by atoms with Crippen molar-refractivity contribution in [2.75, 3.05) is 7.11 Å². The Balaban J connectivity index is 2.57. The summed E-state index contributed by atoms with van der Waals surface area (Å²) in [6.07, 6.45) is 0. The first-order valence-electron chi connectivity index (χ1n) is 5.47. The third kappa shape index (κ3) is 4.88. The average molecular weight is 300 g/mol. The highest BCUT2D eigenvalue weighted by atomic mass is 79.9. The Hall–Kier alpha value is -0.870. The van der Waals surface area contributed by atoms with E-state index >= 15 is 0 Å². The van der Waals surface area contributed by atoms with Gasteiger partial charge in [0.2, 0.25) is 5.91 Å². The zero-order valence-corrected chi connectivity index (χ0v) is 12.0. The number of hydrogen-bond donors (Lipinski definition) is 1. The van der Waals surface area contributed by atoms with Gasteiger partial charge in [0.25, 0.3) is 0 Å². The van der Waals surface area contributed by atoms with Gasteiger partial charge in [-0.15, -0.1) is 0 Å². The lowest BCUT2D eigenvalue weighted by atomic mass is 10.1. The maximum absolute atomic E-state index is 11.7. The molecule has 4 heteroatoms. The fourth-order valence-electron chi connectivity index (χ4n) is 1.39. The highest BCUT2D eigenvalue weighted by molar-refractivity contribution is 9.10. The predicted molar refractivity (Wildman–Crippen MR) is 72.0 cm³/mol. The Morgan fingerprint density at radius 2 is 2.06 bits per heavy atom. The third-order valence-electron chi connectivity index (χ3n) is 2.30. The summed E-state index contributed by atoms with van der Waals surface area (Å²) in [7, 11) is 1.67. The zero-order valence-electron chi connectivity index (χ0n) is 10.4. The van der Waals surface area contributed by atoms with Crippen molar-refractivity contribution in [1.29, 1.82) is 0 Å². The number of halogens is 1. The molecular formula is C13H18BrNO2. The molecule has 0 aliphatic carbocycles. The van der Waals surface area contributed by atoms with Crippen LogP contribution in [0.2, 0.25) is 0 Å². The number of alkyl halides is 1. The minimum absolute atomic E-state index is 0.0188. The van der Waals surface area contributed by atoms with Gasteiger partial charge < -0.3 is 10.1 Å². The van der Waals surface area contributed by atoms with Crippen molar-refractivity contribution in [3.8, 4) is 0 Å². The van der Waals surface area contributed by atoms with Gasteiger partial charge in [0.05, 0.1) is 10.9 Å². The SMILES string of the molecule is COCc1cccc(CNC(=O)C(C)(C)Br)c1. The summed E-state index contributed by atoms with van der Waals surface area (Å²) in [5.41, 5.74) is 2.18. The first kappa shape index (κ1) is 14.2. The first-order chi connectivity index (χ1) is 7.93. The minimum atomic E-state index is -0.531. The van der Waals surface area contributed by atoms with E-state index < -0.39 is 4.32 Å². The fourth-order valence-corrected chi connectivity index (χ4v) is 1.53. The van der Waals surface area contributed by atoms with Crippen LogP contribution in [0.25, 0.3) is 0 Å².